The second-order valence-electron chi connectivity index (χ2n) is 5.43. The quantitative estimate of drug-likeness (QED) is 0.302. The molecule has 0 spiro atoms. The minimum absolute atomic E-state index is 0. The van der Waals surface area contributed by atoms with Crippen LogP contribution in [0.15, 0.2) is 35.5 Å². The predicted molar refractivity (Wildman–Crippen MR) is 117 cm³/mol. The number of thiazole rings is 1. The Labute approximate surface area is 175 Å². The highest BCUT2D eigenvalue weighted by atomic mass is 127. The van der Waals surface area contributed by atoms with Crippen LogP contribution < -0.4 is 15.4 Å². The van der Waals surface area contributed by atoms with Gasteiger partial charge in [-0.3, -0.25) is 4.99 Å². The van der Waals surface area contributed by atoms with Crippen LogP contribution in [0.4, 0.5) is 0 Å². The summed E-state index contributed by atoms with van der Waals surface area (Å²) in [5.74, 6) is 0.634. The van der Waals surface area contributed by atoms with Gasteiger partial charge in [-0.25, -0.2) is 18.1 Å². The molecule has 0 amide bonds. The first-order valence-corrected chi connectivity index (χ1v) is 10.2. The van der Waals surface area contributed by atoms with Gasteiger partial charge in [0.15, 0.2) is 5.96 Å². The average molecular weight is 509 g/mol. The molecular formula is C16H24IN5O2S2. The molecule has 0 atom stereocenters. The third kappa shape index (κ3) is 7.56. The molecule has 10 heteroatoms. The van der Waals surface area contributed by atoms with Gasteiger partial charge in [0.1, 0.15) is 5.01 Å². The van der Waals surface area contributed by atoms with Crippen molar-refractivity contribution in [2.45, 2.75) is 25.8 Å². The van der Waals surface area contributed by atoms with E-state index in [1.54, 1.807) is 24.5 Å². The van der Waals surface area contributed by atoms with Gasteiger partial charge in [0.25, 0.3) is 0 Å². The lowest BCUT2D eigenvalue weighted by molar-refractivity contribution is 0.587. The van der Waals surface area contributed by atoms with E-state index < -0.39 is 10.0 Å². The predicted octanol–water partition coefficient (Wildman–Crippen LogP) is 1.98. The molecule has 26 heavy (non-hydrogen) atoms. The SMILES string of the molecule is CN=C(NCc1cccc(CS(=O)(=O)NC)c1)NCc1ncc(C)s1.I. The number of nitrogens with one attached hydrogen (secondary N) is 3. The van der Waals surface area contributed by atoms with E-state index in [4.69, 9.17) is 0 Å². The molecule has 2 rings (SSSR count). The number of sulfonamides is 1. The molecule has 1 aromatic carbocycles. The minimum Gasteiger partial charge on any atom is -0.352 e. The van der Waals surface area contributed by atoms with Gasteiger partial charge < -0.3 is 10.6 Å². The molecule has 0 bridgehead atoms. The Bertz CT molecular complexity index is 837. The lowest BCUT2D eigenvalue weighted by atomic mass is 10.1. The van der Waals surface area contributed by atoms with Gasteiger partial charge in [0.2, 0.25) is 10.0 Å². The zero-order chi connectivity index (χ0) is 18.3. The molecule has 1 heterocycles. The number of aryl methyl sites for hydroxylation is 1. The summed E-state index contributed by atoms with van der Waals surface area (Å²) in [4.78, 5) is 9.66. The van der Waals surface area contributed by atoms with Crippen molar-refractivity contribution in [1.29, 1.82) is 0 Å². The standard InChI is InChI=1S/C16H23N5O2S2.HI/c1-12-8-19-15(24-12)10-21-16(17-2)20-9-13-5-4-6-14(7-13)11-25(22,23)18-3;/h4-8,18H,9-11H2,1-3H3,(H2,17,20,21);1H. The Morgan fingerprint density at radius 3 is 2.54 bits per heavy atom. The zero-order valence-corrected chi connectivity index (χ0v) is 18.9. The van der Waals surface area contributed by atoms with Crippen LogP contribution >= 0.6 is 35.3 Å². The summed E-state index contributed by atoms with van der Waals surface area (Å²) in [7, 11) is -0.151. The van der Waals surface area contributed by atoms with Crippen LogP contribution in [0.2, 0.25) is 0 Å². The van der Waals surface area contributed by atoms with E-state index in [2.05, 4.69) is 25.3 Å². The maximum atomic E-state index is 11.7. The summed E-state index contributed by atoms with van der Waals surface area (Å²) in [5, 5.41) is 7.43. The average Bonchev–Trinajstić information content (AvgIpc) is 3.00. The summed E-state index contributed by atoms with van der Waals surface area (Å²) >= 11 is 1.64. The van der Waals surface area contributed by atoms with Gasteiger partial charge in [0.05, 0.1) is 12.3 Å². The third-order valence-electron chi connectivity index (χ3n) is 3.42. The Morgan fingerprint density at radius 2 is 1.92 bits per heavy atom. The van der Waals surface area contributed by atoms with Crippen molar-refractivity contribution in [3.63, 3.8) is 0 Å². The van der Waals surface area contributed by atoms with Crippen LogP contribution in [0.25, 0.3) is 0 Å². The van der Waals surface area contributed by atoms with E-state index >= 15 is 0 Å². The second-order valence-corrected chi connectivity index (χ2v) is 8.67. The van der Waals surface area contributed by atoms with Crippen LogP contribution in [-0.2, 0) is 28.9 Å². The normalized spacial score (nSPS) is 11.7. The largest absolute Gasteiger partial charge is 0.352 e. The van der Waals surface area contributed by atoms with E-state index in [1.165, 1.54) is 11.9 Å². The second kappa shape index (κ2) is 10.8. The zero-order valence-electron chi connectivity index (χ0n) is 14.9. The van der Waals surface area contributed by atoms with E-state index in [9.17, 15) is 8.42 Å². The molecular weight excluding hydrogens is 485 g/mol. The third-order valence-corrected chi connectivity index (χ3v) is 5.67. The number of hydrogen-bond acceptors (Lipinski definition) is 5. The molecule has 0 unspecified atom stereocenters. The summed E-state index contributed by atoms with van der Waals surface area (Å²) in [5.41, 5.74) is 1.73. The molecule has 3 N–H and O–H groups in total. The number of halogens is 1. The maximum Gasteiger partial charge on any atom is 0.215 e. The Morgan fingerprint density at radius 1 is 1.23 bits per heavy atom. The van der Waals surface area contributed by atoms with Crippen LogP contribution in [-0.4, -0.2) is 33.5 Å². The fraction of sp³-hybridized carbons (Fsp3) is 0.375. The summed E-state index contributed by atoms with van der Waals surface area (Å²) in [6.45, 7) is 3.18. The van der Waals surface area contributed by atoms with E-state index in [-0.39, 0.29) is 29.7 Å². The Hall–Kier alpha value is -1.24. The molecule has 0 saturated carbocycles. The number of nitrogens with zero attached hydrogens (tertiary/aromatic N) is 2. The molecule has 1 aromatic heterocycles. The van der Waals surface area contributed by atoms with Crippen LogP contribution in [0.5, 0.6) is 0 Å². The Kier molecular flexibility index (Phi) is 9.47. The highest BCUT2D eigenvalue weighted by molar-refractivity contribution is 14.0. The van der Waals surface area contributed by atoms with Gasteiger partial charge >= 0.3 is 0 Å². The molecule has 0 fully saturated rings. The van der Waals surface area contributed by atoms with Crippen LogP contribution in [0, 0.1) is 6.92 Å². The topological polar surface area (TPSA) is 95.5 Å². The van der Waals surface area contributed by atoms with Crippen LogP contribution in [0.3, 0.4) is 0 Å². The van der Waals surface area contributed by atoms with Gasteiger partial charge in [0, 0.05) is 24.7 Å². The van der Waals surface area contributed by atoms with Crippen molar-refractivity contribution >= 4 is 51.3 Å². The molecule has 144 valence electrons. The lowest BCUT2D eigenvalue weighted by Crippen LogP contribution is -2.36. The van der Waals surface area contributed by atoms with E-state index in [0.29, 0.717) is 19.0 Å². The summed E-state index contributed by atoms with van der Waals surface area (Å²) in [6.07, 6.45) is 1.85. The monoisotopic (exact) mass is 509 g/mol. The van der Waals surface area contributed by atoms with Crippen LogP contribution in [0.1, 0.15) is 21.0 Å². The number of aromatic nitrogens is 1. The van der Waals surface area contributed by atoms with Crippen molar-refractivity contribution in [2.75, 3.05) is 14.1 Å². The van der Waals surface area contributed by atoms with Gasteiger partial charge in [-0.2, -0.15) is 0 Å². The maximum absolute atomic E-state index is 11.7. The van der Waals surface area contributed by atoms with Gasteiger partial charge in [-0.1, -0.05) is 24.3 Å². The van der Waals surface area contributed by atoms with Gasteiger partial charge in [-0.05, 0) is 25.1 Å². The molecule has 2 aromatic rings. The summed E-state index contributed by atoms with van der Waals surface area (Å²) < 4.78 is 25.6. The smallest absolute Gasteiger partial charge is 0.215 e. The van der Waals surface area contributed by atoms with Crippen molar-refractivity contribution in [2.24, 2.45) is 4.99 Å². The lowest BCUT2D eigenvalue weighted by Gasteiger charge is -2.12. The first-order chi connectivity index (χ1) is 11.9. The molecule has 7 nitrogen and oxygen atoms in total. The highest BCUT2D eigenvalue weighted by Crippen LogP contribution is 2.10. The highest BCUT2D eigenvalue weighted by Gasteiger charge is 2.09. The molecule has 0 aliphatic rings. The first-order valence-electron chi connectivity index (χ1n) is 7.76. The minimum atomic E-state index is -3.27. The fourth-order valence-electron chi connectivity index (χ4n) is 2.17. The van der Waals surface area contributed by atoms with Crippen molar-refractivity contribution in [3.8, 4) is 0 Å². The molecule has 0 aliphatic heterocycles. The number of guanidine groups is 1. The van der Waals surface area contributed by atoms with E-state index in [1.807, 2.05) is 31.3 Å². The fourth-order valence-corrected chi connectivity index (χ4v) is 3.66. The number of hydrogen-bond donors (Lipinski definition) is 3. The van der Waals surface area contributed by atoms with E-state index in [0.717, 1.165) is 16.1 Å². The van der Waals surface area contributed by atoms with Crippen molar-refractivity contribution < 1.29 is 8.42 Å². The van der Waals surface area contributed by atoms with Crippen molar-refractivity contribution in [1.82, 2.24) is 20.3 Å². The molecule has 0 radical (unpaired) electrons. The van der Waals surface area contributed by atoms with Gasteiger partial charge in [-0.15, -0.1) is 35.3 Å². The Balaban J connectivity index is 0.00000338. The molecule has 0 saturated heterocycles. The first kappa shape index (κ1) is 22.8. The van der Waals surface area contributed by atoms with Crippen molar-refractivity contribution in [3.05, 3.63) is 51.5 Å². The summed E-state index contributed by atoms with van der Waals surface area (Å²) in [6, 6.07) is 7.47. The number of benzene rings is 1. The number of aliphatic imine (C=N–C) groups is 1. The number of rotatable bonds is 7. The molecule has 0 aliphatic carbocycles.